The van der Waals surface area contributed by atoms with Crippen LogP contribution in [0.4, 0.5) is 22.0 Å². The van der Waals surface area contributed by atoms with E-state index in [9.17, 15) is 26.7 Å². The summed E-state index contributed by atoms with van der Waals surface area (Å²) in [7, 11) is 0. The van der Waals surface area contributed by atoms with Crippen molar-refractivity contribution in [1.29, 1.82) is 0 Å². The first-order chi connectivity index (χ1) is 10.3. The van der Waals surface area contributed by atoms with Crippen LogP contribution in [0.1, 0.15) is 15.9 Å². The number of benzene rings is 1. The zero-order chi connectivity index (χ0) is 16.3. The maximum Gasteiger partial charge on any atom is 0.406 e. The Bertz CT molecular complexity index is 654. The lowest BCUT2D eigenvalue weighted by molar-refractivity contribution is -0.141. The molecule has 0 spiro atoms. The third-order valence-corrected chi connectivity index (χ3v) is 3.51. The molecule has 1 aromatic carbocycles. The second-order valence-corrected chi connectivity index (χ2v) is 5.32. The van der Waals surface area contributed by atoms with Crippen LogP contribution in [0.15, 0.2) is 35.0 Å². The summed E-state index contributed by atoms with van der Waals surface area (Å²) in [5.74, 6) is -3.47. The minimum absolute atomic E-state index is 0.263. The summed E-state index contributed by atoms with van der Waals surface area (Å²) in [5.41, 5.74) is 0.198. The molecule has 0 fully saturated rings. The lowest BCUT2D eigenvalue weighted by Gasteiger charge is -2.23. The highest BCUT2D eigenvalue weighted by Crippen LogP contribution is 2.21. The van der Waals surface area contributed by atoms with Gasteiger partial charge in [-0.3, -0.25) is 4.79 Å². The Kier molecular flexibility index (Phi) is 4.80. The lowest BCUT2D eigenvalue weighted by Crippen LogP contribution is -2.38. The van der Waals surface area contributed by atoms with Gasteiger partial charge in [-0.25, -0.2) is 8.78 Å². The van der Waals surface area contributed by atoms with Crippen molar-refractivity contribution in [3.63, 3.8) is 0 Å². The zero-order valence-corrected chi connectivity index (χ0v) is 11.8. The molecule has 8 heteroatoms. The first-order valence-corrected chi connectivity index (χ1v) is 7.03. The van der Waals surface area contributed by atoms with Crippen molar-refractivity contribution < 1.29 is 26.7 Å². The molecule has 0 saturated heterocycles. The summed E-state index contributed by atoms with van der Waals surface area (Å²) >= 11 is 1.28. The van der Waals surface area contributed by atoms with Gasteiger partial charge in [-0.15, -0.1) is 0 Å². The fraction of sp³-hybridized carbons (Fsp3) is 0.214. The van der Waals surface area contributed by atoms with Crippen molar-refractivity contribution in [2.75, 3.05) is 6.54 Å². The average molecular weight is 335 g/mol. The molecule has 0 saturated carbocycles. The van der Waals surface area contributed by atoms with E-state index in [1.807, 2.05) is 0 Å². The highest BCUT2D eigenvalue weighted by Gasteiger charge is 2.33. The molecule has 118 valence electrons. The molecule has 0 bridgehead atoms. The van der Waals surface area contributed by atoms with E-state index >= 15 is 0 Å². The van der Waals surface area contributed by atoms with Gasteiger partial charge in [-0.1, -0.05) is 0 Å². The smallest absolute Gasteiger partial charge is 0.325 e. The minimum Gasteiger partial charge on any atom is -0.325 e. The number of hydrogen-bond acceptors (Lipinski definition) is 2. The molecule has 0 atom stereocenters. The van der Waals surface area contributed by atoms with Crippen molar-refractivity contribution in [2.45, 2.75) is 12.7 Å². The van der Waals surface area contributed by atoms with Crippen LogP contribution in [-0.4, -0.2) is 23.5 Å². The highest BCUT2D eigenvalue weighted by molar-refractivity contribution is 7.07. The molecule has 1 aromatic heterocycles. The van der Waals surface area contributed by atoms with Crippen molar-refractivity contribution in [2.24, 2.45) is 0 Å². The fourth-order valence-corrected chi connectivity index (χ4v) is 2.49. The predicted octanol–water partition coefficient (Wildman–Crippen LogP) is 4.23. The highest BCUT2D eigenvalue weighted by atomic mass is 32.1. The van der Waals surface area contributed by atoms with Gasteiger partial charge in [0.2, 0.25) is 0 Å². The average Bonchev–Trinajstić information content (AvgIpc) is 2.92. The third-order valence-electron chi connectivity index (χ3n) is 2.78. The van der Waals surface area contributed by atoms with E-state index in [0.717, 1.165) is 6.07 Å². The van der Waals surface area contributed by atoms with Gasteiger partial charge in [0.05, 0.1) is 0 Å². The molecule has 2 nitrogen and oxygen atoms in total. The van der Waals surface area contributed by atoms with Gasteiger partial charge < -0.3 is 4.90 Å². The number of rotatable bonds is 4. The molecule has 22 heavy (non-hydrogen) atoms. The Hall–Kier alpha value is -1.96. The zero-order valence-electron chi connectivity index (χ0n) is 11.0. The van der Waals surface area contributed by atoms with E-state index < -0.39 is 30.3 Å². The SMILES string of the molecule is O=C(c1ccc(F)c(F)c1)N(Cc1ccsc1)CC(F)(F)F. The van der Waals surface area contributed by atoms with Crippen LogP contribution in [0.25, 0.3) is 0 Å². The van der Waals surface area contributed by atoms with Gasteiger partial charge in [0.1, 0.15) is 6.54 Å². The number of nitrogens with zero attached hydrogens (tertiary/aromatic N) is 1. The fourth-order valence-electron chi connectivity index (χ4n) is 1.83. The maximum atomic E-state index is 13.2. The van der Waals surface area contributed by atoms with Crippen molar-refractivity contribution in [1.82, 2.24) is 4.90 Å². The van der Waals surface area contributed by atoms with Gasteiger partial charge in [-0.05, 0) is 40.6 Å². The van der Waals surface area contributed by atoms with Gasteiger partial charge in [0.15, 0.2) is 11.6 Å². The minimum atomic E-state index is -4.59. The molecule has 0 aliphatic carbocycles. The molecule has 1 heterocycles. The number of carbonyl (C=O) groups excluding carboxylic acids is 1. The van der Waals surface area contributed by atoms with Crippen molar-refractivity contribution >= 4 is 17.2 Å². The van der Waals surface area contributed by atoms with E-state index in [4.69, 9.17) is 0 Å². The monoisotopic (exact) mass is 335 g/mol. The summed E-state index contributed by atoms with van der Waals surface area (Å²) < 4.78 is 63.9. The molecule has 1 amide bonds. The normalized spacial score (nSPS) is 11.5. The van der Waals surface area contributed by atoms with Crippen LogP contribution < -0.4 is 0 Å². The first kappa shape index (κ1) is 16.4. The second-order valence-electron chi connectivity index (χ2n) is 4.54. The molecule has 2 aromatic rings. The Morgan fingerprint density at radius 2 is 1.86 bits per heavy atom. The lowest BCUT2D eigenvalue weighted by atomic mass is 10.1. The molecular formula is C14H10F5NOS. The first-order valence-electron chi connectivity index (χ1n) is 6.08. The Morgan fingerprint density at radius 3 is 2.41 bits per heavy atom. The molecule has 0 unspecified atom stereocenters. The number of thiophene rings is 1. The largest absolute Gasteiger partial charge is 0.406 e. The summed E-state index contributed by atoms with van der Waals surface area (Å²) in [5, 5.41) is 3.28. The van der Waals surface area contributed by atoms with Crippen LogP contribution in [-0.2, 0) is 6.54 Å². The predicted molar refractivity (Wildman–Crippen MR) is 71.5 cm³/mol. The number of alkyl halides is 3. The van der Waals surface area contributed by atoms with E-state index in [1.54, 1.807) is 16.8 Å². The summed E-state index contributed by atoms with van der Waals surface area (Å²) in [4.78, 5) is 12.7. The van der Waals surface area contributed by atoms with Gasteiger partial charge in [0.25, 0.3) is 5.91 Å². The number of carbonyl (C=O) groups is 1. The number of hydrogen-bond donors (Lipinski definition) is 0. The number of halogens is 5. The van der Waals surface area contributed by atoms with Crippen molar-refractivity contribution in [3.05, 3.63) is 57.8 Å². The molecule has 0 aliphatic rings. The molecule has 2 rings (SSSR count). The second kappa shape index (κ2) is 6.43. The van der Waals surface area contributed by atoms with Gasteiger partial charge in [-0.2, -0.15) is 24.5 Å². The molecule has 0 radical (unpaired) electrons. The topological polar surface area (TPSA) is 20.3 Å². The van der Waals surface area contributed by atoms with Crippen LogP contribution in [0.3, 0.4) is 0 Å². The summed E-state index contributed by atoms with van der Waals surface area (Å²) in [6, 6.07) is 3.85. The van der Waals surface area contributed by atoms with E-state index in [0.29, 0.717) is 22.6 Å². The molecular weight excluding hydrogens is 325 g/mol. The quantitative estimate of drug-likeness (QED) is 0.766. The van der Waals surface area contributed by atoms with Gasteiger partial charge in [0, 0.05) is 12.1 Å². The standard InChI is InChI=1S/C14H10F5NOS/c15-11-2-1-10(5-12(11)16)13(21)20(8-14(17,18)19)6-9-3-4-22-7-9/h1-5,7H,6,8H2. The van der Waals surface area contributed by atoms with E-state index in [1.165, 1.54) is 11.3 Å². The molecule has 0 aliphatic heterocycles. The van der Waals surface area contributed by atoms with Crippen LogP contribution in [0.5, 0.6) is 0 Å². The maximum absolute atomic E-state index is 13.2. The Balaban J connectivity index is 2.26. The van der Waals surface area contributed by atoms with Crippen LogP contribution in [0.2, 0.25) is 0 Å². The van der Waals surface area contributed by atoms with E-state index in [-0.39, 0.29) is 12.1 Å². The van der Waals surface area contributed by atoms with Gasteiger partial charge >= 0.3 is 6.18 Å². The van der Waals surface area contributed by atoms with Crippen molar-refractivity contribution in [3.8, 4) is 0 Å². The number of amides is 1. The van der Waals surface area contributed by atoms with Crippen LogP contribution in [0, 0.1) is 11.6 Å². The Morgan fingerprint density at radius 1 is 1.14 bits per heavy atom. The van der Waals surface area contributed by atoms with Crippen LogP contribution >= 0.6 is 11.3 Å². The summed E-state index contributed by atoms with van der Waals surface area (Å²) in [6.45, 7) is -1.73. The third kappa shape index (κ3) is 4.27. The molecule has 0 N–H and O–H groups in total. The van der Waals surface area contributed by atoms with E-state index in [2.05, 4.69) is 0 Å². The Labute approximate surface area is 126 Å². The summed E-state index contributed by atoms with van der Waals surface area (Å²) in [6.07, 6.45) is -4.59.